The summed E-state index contributed by atoms with van der Waals surface area (Å²) >= 11 is 1.86. The zero-order valence-corrected chi connectivity index (χ0v) is 14.7. The molecule has 0 aliphatic heterocycles. The normalized spacial score (nSPS) is 20.1. The number of benzene rings is 1. The van der Waals surface area contributed by atoms with Crippen molar-refractivity contribution in [3.63, 3.8) is 0 Å². The number of hydrogen-bond donors (Lipinski definition) is 0. The van der Waals surface area contributed by atoms with E-state index in [9.17, 15) is 4.79 Å². The molecule has 1 unspecified atom stereocenters. The molecule has 1 heterocycles. The molecule has 1 aliphatic rings. The van der Waals surface area contributed by atoms with Gasteiger partial charge in [-0.1, -0.05) is 44.2 Å². The van der Waals surface area contributed by atoms with Gasteiger partial charge in [-0.25, -0.2) is 0 Å². The van der Waals surface area contributed by atoms with E-state index < -0.39 is 0 Å². The van der Waals surface area contributed by atoms with Crippen molar-refractivity contribution in [3.8, 4) is 0 Å². The SMILES string of the molecule is C=C(C)C1C(C(C)=O)=C(C)c2c(sc3ccccc23)C1(C)C. The maximum Gasteiger partial charge on any atom is 0.156 e. The van der Waals surface area contributed by atoms with Crippen molar-refractivity contribution in [2.75, 3.05) is 0 Å². The van der Waals surface area contributed by atoms with Crippen LogP contribution in [0.5, 0.6) is 0 Å². The Balaban J connectivity index is 2.46. The van der Waals surface area contributed by atoms with Crippen molar-refractivity contribution >= 4 is 32.8 Å². The van der Waals surface area contributed by atoms with Gasteiger partial charge in [0.15, 0.2) is 5.78 Å². The molecule has 22 heavy (non-hydrogen) atoms. The summed E-state index contributed by atoms with van der Waals surface area (Å²) in [6.07, 6.45) is 0. The van der Waals surface area contributed by atoms with Crippen LogP contribution in [0.1, 0.15) is 45.1 Å². The molecule has 0 N–H and O–H groups in total. The first-order valence-electron chi connectivity index (χ1n) is 7.66. The Morgan fingerprint density at radius 1 is 1.23 bits per heavy atom. The summed E-state index contributed by atoms with van der Waals surface area (Å²) < 4.78 is 1.30. The van der Waals surface area contributed by atoms with E-state index in [-0.39, 0.29) is 17.1 Å². The molecule has 0 spiro atoms. The number of Topliss-reactive ketones (excluding diaryl/α,β-unsaturated/α-hetero) is 1. The molecular weight excluding hydrogens is 288 g/mol. The molecule has 0 saturated carbocycles. The van der Waals surface area contributed by atoms with Gasteiger partial charge in [0.2, 0.25) is 0 Å². The molecule has 0 amide bonds. The second-order valence-electron chi connectivity index (χ2n) is 6.90. The van der Waals surface area contributed by atoms with E-state index in [1.165, 1.54) is 20.5 Å². The summed E-state index contributed by atoms with van der Waals surface area (Å²) in [6.45, 7) is 14.5. The van der Waals surface area contributed by atoms with E-state index in [1.54, 1.807) is 6.92 Å². The van der Waals surface area contributed by atoms with E-state index in [2.05, 4.69) is 51.6 Å². The van der Waals surface area contributed by atoms with Gasteiger partial charge in [0.25, 0.3) is 0 Å². The monoisotopic (exact) mass is 310 g/mol. The first-order valence-corrected chi connectivity index (χ1v) is 8.48. The van der Waals surface area contributed by atoms with Crippen LogP contribution in [0, 0.1) is 5.92 Å². The van der Waals surface area contributed by atoms with Crippen molar-refractivity contribution in [2.24, 2.45) is 5.92 Å². The summed E-state index contributed by atoms with van der Waals surface area (Å²) in [4.78, 5) is 13.8. The summed E-state index contributed by atoms with van der Waals surface area (Å²) in [5, 5.41) is 1.27. The average Bonchev–Trinajstić information content (AvgIpc) is 2.82. The van der Waals surface area contributed by atoms with Crippen LogP contribution in [0.15, 0.2) is 42.0 Å². The first-order chi connectivity index (χ1) is 10.3. The minimum atomic E-state index is -0.106. The van der Waals surface area contributed by atoms with Gasteiger partial charge in [-0.2, -0.15) is 0 Å². The number of carbonyl (C=O) groups is 1. The number of rotatable bonds is 2. The van der Waals surface area contributed by atoms with Crippen molar-refractivity contribution in [1.82, 2.24) is 0 Å². The van der Waals surface area contributed by atoms with Crippen LogP contribution in [-0.4, -0.2) is 5.78 Å². The largest absolute Gasteiger partial charge is 0.295 e. The fourth-order valence-electron chi connectivity index (χ4n) is 4.04. The third-order valence-electron chi connectivity index (χ3n) is 4.84. The second kappa shape index (κ2) is 4.92. The number of hydrogen-bond acceptors (Lipinski definition) is 2. The maximum atomic E-state index is 12.4. The molecule has 0 fully saturated rings. The number of fused-ring (bicyclic) bond motifs is 3. The van der Waals surface area contributed by atoms with E-state index >= 15 is 0 Å². The van der Waals surface area contributed by atoms with Gasteiger partial charge in [-0.05, 0) is 32.4 Å². The summed E-state index contributed by atoms with van der Waals surface area (Å²) in [5.41, 5.74) is 4.30. The van der Waals surface area contributed by atoms with Gasteiger partial charge in [0.05, 0.1) is 0 Å². The standard InChI is InChI=1S/C20H22OS/c1-11(2)18-16(13(4)21)12(3)17-14-9-7-8-10-15(14)22-19(17)20(18,5)6/h7-10,18H,1H2,2-6H3. The molecule has 3 rings (SSSR count). The van der Waals surface area contributed by atoms with Gasteiger partial charge in [0.1, 0.15) is 0 Å². The Kier molecular flexibility index (Phi) is 3.41. The summed E-state index contributed by atoms with van der Waals surface area (Å²) in [5.74, 6) is 0.255. The molecule has 1 aromatic heterocycles. The average molecular weight is 310 g/mol. The number of thiophene rings is 1. The molecule has 1 aliphatic carbocycles. The molecule has 0 bridgehead atoms. The molecule has 1 aromatic carbocycles. The summed E-state index contributed by atoms with van der Waals surface area (Å²) in [6, 6.07) is 8.50. The van der Waals surface area contributed by atoms with E-state index in [0.717, 1.165) is 16.7 Å². The quantitative estimate of drug-likeness (QED) is 0.646. The van der Waals surface area contributed by atoms with Crippen LogP contribution in [0.2, 0.25) is 0 Å². The lowest BCUT2D eigenvalue weighted by Gasteiger charge is -2.41. The van der Waals surface area contributed by atoms with Crippen molar-refractivity contribution in [1.29, 1.82) is 0 Å². The number of ketones is 1. The zero-order chi connectivity index (χ0) is 16.2. The molecule has 2 heteroatoms. The fraction of sp³-hybridized carbons (Fsp3) is 0.350. The highest BCUT2D eigenvalue weighted by atomic mass is 32.1. The zero-order valence-electron chi connectivity index (χ0n) is 13.9. The maximum absolute atomic E-state index is 12.4. The van der Waals surface area contributed by atoms with Crippen LogP contribution in [-0.2, 0) is 10.2 Å². The van der Waals surface area contributed by atoms with Crippen LogP contribution in [0.4, 0.5) is 0 Å². The predicted octanol–water partition coefficient (Wildman–Crippen LogP) is 5.75. The molecule has 2 aromatic rings. The minimum absolute atomic E-state index is 0.0885. The van der Waals surface area contributed by atoms with Gasteiger partial charge >= 0.3 is 0 Å². The lowest BCUT2D eigenvalue weighted by Crippen LogP contribution is -2.36. The molecular formula is C20H22OS. The summed E-state index contributed by atoms with van der Waals surface area (Å²) in [7, 11) is 0. The van der Waals surface area contributed by atoms with Crippen LogP contribution >= 0.6 is 11.3 Å². The molecule has 0 saturated heterocycles. The highest BCUT2D eigenvalue weighted by Crippen LogP contribution is 2.54. The van der Waals surface area contributed by atoms with Crippen LogP contribution in [0.25, 0.3) is 15.7 Å². The van der Waals surface area contributed by atoms with Crippen molar-refractivity contribution in [3.05, 3.63) is 52.4 Å². The highest BCUT2D eigenvalue weighted by Gasteiger charge is 2.43. The Hall–Kier alpha value is -1.67. The van der Waals surface area contributed by atoms with Crippen LogP contribution in [0.3, 0.4) is 0 Å². The molecule has 1 atom stereocenters. The molecule has 1 nitrogen and oxygen atoms in total. The predicted molar refractivity (Wildman–Crippen MR) is 96.4 cm³/mol. The third kappa shape index (κ3) is 1.94. The molecule has 0 radical (unpaired) electrons. The first kappa shape index (κ1) is 15.2. The van der Waals surface area contributed by atoms with Gasteiger partial charge in [-0.3, -0.25) is 4.79 Å². The highest BCUT2D eigenvalue weighted by molar-refractivity contribution is 7.19. The van der Waals surface area contributed by atoms with E-state index in [0.29, 0.717) is 0 Å². The van der Waals surface area contributed by atoms with E-state index in [4.69, 9.17) is 0 Å². The van der Waals surface area contributed by atoms with Gasteiger partial charge < -0.3 is 0 Å². The lowest BCUT2D eigenvalue weighted by atomic mass is 9.63. The lowest BCUT2D eigenvalue weighted by molar-refractivity contribution is -0.114. The van der Waals surface area contributed by atoms with Crippen molar-refractivity contribution < 1.29 is 4.79 Å². The smallest absolute Gasteiger partial charge is 0.156 e. The second-order valence-corrected chi connectivity index (χ2v) is 7.95. The van der Waals surface area contributed by atoms with Gasteiger partial charge in [0, 0.05) is 37.4 Å². The number of allylic oxidation sites excluding steroid dienone is 3. The Bertz CT molecular complexity index is 833. The third-order valence-corrected chi connectivity index (χ3v) is 6.35. The van der Waals surface area contributed by atoms with Crippen molar-refractivity contribution in [2.45, 2.75) is 40.0 Å². The number of carbonyl (C=O) groups excluding carboxylic acids is 1. The minimum Gasteiger partial charge on any atom is -0.295 e. The fourth-order valence-corrected chi connectivity index (χ4v) is 5.44. The van der Waals surface area contributed by atoms with Gasteiger partial charge in [-0.15, -0.1) is 11.3 Å². The Morgan fingerprint density at radius 3 is 2.45 bits per heavy atom. The molecule has 114 valence electrons. The topological polar surface area (TPSA) is 17.1 Å². The van der Waals surface area contributed by atoms with E-state index in [1.807, 2.05) is 18.3 Å². The Morgan fingerprint density at radius 2 is 1.86 bits per heavy atom. The Labute approximate surface area is 136 Å². The van der Waals surface area contributed by atoms with Crippen LogP contribution < -0.4 is 0 Å².